The lowest BCUT2D eigenvalue weighted by Crippen LogP contribution is -1.95. The van der Waals surface area contributed by atoms with Gasteiger partial charge < -0.3 is 0 Å². The summed E-state index contributed by atoms with van der Waals surface area (Å²) >= 11 is 0. The molecule has 0 aliphatic carbocycles. The molecule has 0 fully saturated rings. The molecular formula is C12H24. The molecule has 0 aliphatic rings. The molecule has 0 saturated carbocycles. The van der Waals surface area contributed by atoms with Crippen LogP contribution in [-0.4, -0.2) is 0 Å². The number of rotatable bonds is 6. The van der Waals surface area contributed by atoms with Crippen molar-refractivity contribution in [2.75, 3.05) is 0 Å². The Morgan fingerprint density at radius 2 is 1.75 bits per heavy atom. The van der Waals surface area contributed by atoms with Gasteiger partial charge in [0, 0.05) is 0 Å². The van der Waals surface area contributed by atoms with E-state index in [0.29, 0.717) is 0 Å². The Kier molecular flexibility index (Phi) is 7.23. The summed E-state index contributed by atoms with van der Waals surface area (Å²) in [6, 6.07) is 0. The lowest BCUT2D eigenvalue weighted by Gasteiger charge is -2.10. The summed E-state index contributed by atoms with van der Waals surface area (Å²) < 4.78 is 0. The van der Waals surface area contributed by atoms with Gasteiger partial charge in [0.2, 0.25) is 0 Å². The third kappa shape index (κ3) is 6.45. The van der Waals surface area contributed by atoms with Crippen molar-refractivity contribution in [3.05, 3.63) is 11.6 Å². The second kappa shape index (κ2) is 7.39. The first-order chi connectivity index (χ1) is 5.70. The minimum Gasteiger partial charge on any atom is -0.0859 e. The predicted octanol–water partition coefficient (Wildman–Crippen LogP) is 4.56. The molecule has 0 atom stereocenters. The van der Waals surface area contributed by atoms with Crippen LogP contribution < -0.4 is 0 Å². The van der Waals surface area contributed by atoms with E-state index in [4.69, 9.17) is 0 Å². The van der Waals surface area contributed by atoms with E-state index in [2.05, 4.69) is 33.8 Å². The van der Waals surface area contributed by atoms with Crippen LogP contribution in [0.2, 0.25) is 0 Å². The Bertz CT molecular complexity index is 114. The first-order valence-corrected chi connectivity index (χ1v) is 5.34. The average molecular weight is 168 g/mol. The molecule has 0 nitrogen and oxygen atoms in total. The quantitative estimate of drug-likeness (QED) is 0.403. The average Bonchev–Trinajstić information content (AvgIpc) is 2.04. The molecule has 72 valence electrons. The van der Waals surface area contributed by atoms with E-state index in [1.54, 1.807) is 0 Å². The van der Waals surface area contributed by atoms with E-state index >= 15 is 0 Å². The maximum atomic E-state index is 2.35. The van der Waals surface area contributed by atoms with Crippen molar-refractivity contribution < 1.29 is 0 Å². The molecule has 0 N–H and O–H groups in total. The zero-order valence-electron chi connectivity index (χ0n) is 9.19. The van der Waals surface area contributed by atoms with E-state index < -0.39 is 0 Å². The number of hydrogen-bond donors (Lipinski definition) is 0. The summed E-state index contributed by atoms with van der Waals surface area (Å²) in [4.78, 5) is 0. The maximum absolute atomic E-state index is 2.35. The van der Waals surface area contributed by atoms with Crippen LogP contribution in [0.4, 0.5) is 0 Å². The molecule has 0 aliphatic heterocycles. The highest BCUT2D eigenvalue weighted by Crippen LogP contribution is 2.16. The fourth-order valence-electron chi connectivity index (χ4n) is 1.49. The van der Waals surface area contributed by atoms with E-state index in [1.807, 2.05) is 0 Å². The molecule has 0 radical (unpaired) electrons. The minimum absolute atomic E-state index is 0.968. The van der Waals surface area contributed by atoms with Gasteiger partial charge in [0.1, 0.15) is 0 Å². The Morgan fingerprint density at radius 3 is 2.17 bits per heavy atom. The van der Waals surface area contributed by atoms with Crippen molar-refractivity contribution in [3.63, 3.8) is 0 Å². The van der Waals surface area contributed by atoms with E-state index in [1.165, 1.54) is 37.7 Å². The van der Waals surface area contributed by atoms with Crippen molar-refractivity contribution in [2.45, 2.75) is 59.8 Å². The number of unbranched alkanes of at least 4 members (excludes halogenated alkanes) is 1. The van der Waals surface area contributed by atoms with Crippen molar-refractivity contribution in [3.8, 4) is 0 Å². The third-order valence-electron chi connectivity index (χ3n) is 2.52. The third-order valence-corrected chi connectivity index (χ3v) is 2.52. The van der Waals surface area contributed by atoms with Gasteiger partial charge in [-0.3, -0.25) is 0 Å². The summed E-state index contributed by atoms with van der Waals surface area (Å²) in [6.07, 6.45) is 9.12. The van der Waals surface area contributed by atoms with Crippen LogP contribution >= 0.6 is 0 Å². The highest BCUT2D eigenvalue weighted by Gasteiger charge is 2.00. The number of hydrogen-bond acceptors (Lipinski definition) is 0. The summed E-state index contributed by atoms with van der Waals surface area (Å²) in [5, 5.41) is 0. The molecule has 12 heavy (non-hydrogen) atoms. The van der Waals surface area contributed by atoms with Crippen molar-refractivity contribution in [1.29, 1.82) is 0 Å². The van der Waals surface area contributed by atoms with Crippen molar-refractivity contribution >= 4 is 0 Å². The molecule has 0 unspecified atom stereocenters. The predicted molar refractivity (Wildman–Crippen MR) is 57.4 cm³/mol. The van der Waals surface area contributed by atoms with Crippen LogP contribution in [-0.2, 0) is 0 Å². The zero-order valence-corrected chi connectivity index (χ0v) is 9.19. The molecule has 0 saturated heterocycles. The molecule has 0 rings (SSSR count). The Labute approximate surface area is 78.1 Å². The monoisotopic (exact) mass is 168 g/mol. The topological polar surface area (TPSA) is 0 Å². The fourth-order valence-corrected chi connectivity index (χ4v) is 1.49. The van der Waals surface area contributed by atoms with Crippen molar-refractivity contribution in [1.82, 2.24) is 0 Å². The summed E-state index contributed by atoms with van der Waals surface area (Å²) in [7, 11) is 0. The van der Waals surface area contributed by atoms with Crippen LogP contribution in [0.5, 0.6) is 0 Å². The highest BCUT2D eigenvalue weighted by molar-refractivity contribution is 4.92. The molecule has 0 amide bonds. The molecule has 0 heterocycles. The van der Waals surface area contributed by atoms with Gasteiger partial charge in [0.25, 0.3) is 0 Å². The molecule has 0 aromatic carbocycles. The zero-order chi connectivity index (χ0) is 9.40. The van der Waals surface area contributed by atoms with Gasteiger partial charge in [-0.2, -0.15) is 0 Å². The second-order valence-electron chi connectivity index (χ2n) is 3.89. The minimum atomic E-state index is 0.968. The normalized spacial score (nSPS) is 10.4. The Balaban J connectivity index is 3.35. The highest BCUT2D eigenvalue weighted by atomic mass is 14.1. The summed E-state index contributed by atoms with van der Waals surface area (Å²) in [5.74, 6) is 0.968. The van der Waals surface area contributed by atoms with Crippen LogP contribution in [0.25, 0.3) is 0 Å². The van der Waals surface area contributed by atoms with Gasteiger partial charge in [-0.25, -0.2) is 0 Å². The molecule has 0 spiro atoms. The second-order valence-corrected chi connectivity index (χ2v) is 3.89. The standard InChI is InChI=1S/C12H24/c1-5-12(6-2)10-8-7-9-11(3)4/h9,12H,5-8,10H2,1-4H3. The van der Waals surface area contributed by atoms with Gasteiger partial charge in [-0.1, -0.05) is 44.8 Å². The van der Waals surface area contributed by atoms with Gasteiger partial charge in [0.15, 0.2) is 0 Å². The smallest absolute Gasteiger partial charge is 0.0348 e. The summed E-state index contributed by atoms with van der Waals surface area (Å²) in [6.45, 7) is 8.96. The van der Waals surface area contributed by atoms with Gasteiger partial charge in [-0.05, 0) is 32.6 Å². The fraction of sp³-hybridized carbons (Fsp3) is 0.833. The van der Waals surface area contributed by atoms with Crippen LogP contribution in [0, 0.1) is 5.92 Å². The summed E-state index contributed by atoms with van der Waals surface area (Å²) in [5.41, 5.74) is 1.46. The molecular weight excluding hydrogens is 144 g/mol. The molecule has 0 aromatic heterocycles. The molecule has 0 heteroatoms. The Hall–Kier alpha value is -0.260. The maximum Gasteiger partial charge on any atom is -0.0348 e. The van der Waals surface area contributed by atoms with Gasteiger partial charge >= 0.3 is 0 Å². The van der Waals surface area contributed by atoms with E-state index in [-0.39, 0.29) is 0 Å². The molecule has 0 bridgehead atoms. The Morgan fingerprint density at radius 1 is 1.17 bits per heavy atom. The first kappa shape index (κ1) is 11.7. The largest absolute Gasteiger partial charge is 0.0859 e. The van der Waals surface area contributed by atoms with Crippen molar-refractivity contribution in [2.24, 2.45) is 5.92 Å². The van der Waals surface area contributed by atoms with Crippen LogP contribution in [0.15, 0.2) is 11.6 Å². The van der Waals surface area contributed by atoms with Gasteiger partial charge in [-0.15, -0.1) is 0 Å². The number of allylic oxidation sites excluding steroid dienone is 2. The van der Waals surface area contributed by atoms with Crippen LogP contribution in [0.1, 0.15) is 59.8 Å². The van der Waals surface area contributed by atoms with Gasteiger partial charge in [0.05, 0.1) is 0 Å². The van der Waals surface area contributed by atoms with E-state index in [9.17, 15) is 0 Å². The molecule has 0 aromatic rings. The van der Waals surface area contributed by atoms with Crippen LogP contribution in [0.3, 0.4) is 0 Å². The lowest BCUT2D eigenvalue weighted by atomic mass is 9.96. The lowest BCUT2D eigenvalue weighted by molar-refractivity contribution is 0.443. The first-order valence-electron chi connectivity index (χ1n) is 5.34. The SMILES string of the molecule is CCC(CC)CCCC=C(C)C. The van der Waals surface area contributed by atoms with E-state index in [0.717, 1.165) is 5.92 Å².